The van der Waals surface area contributed by atoms with Crippen LogP contribution < -0.4 is 0 Å². The lowest BCUT2D eigenvalue weighted by atomic mass is 10.3. The summed E-state index contributed by atoms with van der Waals surface area (Å²) in [5, 5.41) is 8.80. The van der Waals surface area contributed by atoms with Crippen molar-refractivity contribution in [3.05, 3.63) is 40.9 Å². The van der Waals surface area contributed by atoms with Crippen LogP contribution in [0.15, 0.2) is 34.5 Å². The van der Waals surface area contributed by atoms with Gasteiger partial charge in [-0.25, -0.2) is 4.98 Å². The molecule has 0 aliphatic carbocycles. The van der Waals surface area contributed by atoms with Crippen LogP contribution in [-0.2, 0) is 0 Å². The molecule has 15 heavy (non-hydrogen) atoms. The predicted octanol–water partition coefficient (Wildman–Crippen LogP) is 3.98. The second-order valence-electron chi connectivity index (χ2n) is 3.09. The van der Waals surface area contributed by atoms with Crippen LogP contribution in [0.3, 0.4) is 0 Å². The van der Waals surface area contributed by atoms with Crippen LogP contribution in [0, 0.1) is 19.9 Å². The predicted molar refractivity (Wildman–Crippen MR) is 61.0 cm³/mol. The minimum Gasteiger partial charge on any atom is -0.222 e. The minimum atomic E-state index is 0.697. The number of benzene rings is 1. The molecule has 1 heterocycles. The number of aromatic nitrogens is 1. The highest BCUT2D eigenvalue weighted by Gasteiger charge is 2.01. The smallest absolute Gasteiger partial charge is 0.222 e. The van der Waals surface area contributed by atoms with E-state index in [4.69, 9.17) is 0 Å². The Morgan fingerprint density at radius 1 is 1.27 bits per heavy atom. The Balaban J connectivity index is 2.19. The van der Waals surface area contributed by atoms with Crippen LogP contribution in [0.1, 0.15) is 10.6 Å². The Hall–Kier alpha value is -1.55. The first-order valence-electron chi connectivity index (χ1n) is 4.58. The van der Waals surface area contributed by atoms with Gasteiger partial charge in [-0.3, -0.25) is 0 Å². The third kappa shape index (κ3) is 2.47. The summed E-state index contributed by atoms with van der Waals surface area (Å²) in [6, 6.07) is 10.5. The first-order chi connectivity index (χ1) is 7.25. The summed E-state index contributed by atoms with van der Waals surface area (Å²) in [5.41, 5.74) is 1.74. The van der Waals surface area contributed by atoms with E-state index in [-0.39, 0.29) is 0 Å². The van der Waals surface area contributed by atoms with Gasteiger partial charge in [-0.2, -0.15) is 0 Å². The van der Waals surface area contributed by atoms with Crippen molar-refractivity contribution < 1.29 is 0 Å². The molecule has 4 heteroatoms. The highest BCUT2D eigenvalue weighted by molar-refractivity contribution is 7.15. The van der Waals surface area contributed by atoms with E-state index in [1.54, 1.807) is 11.3 Å². The lowest BCUT2D eigenvalue weighted by Gasteiger charge is -1.86. The lowest BCUT2D eigenvalue weighted by molar-refractivity contribution is 1.15. The lowest BCUT2D eigenvalue weighted by Crippen LogP contribution is -1.70. The van der Waals surface area contributed by atoms with E-state index in [1.165, 1.54) is 4.88 Å². The van der Waals surface area contributed by atoms with E-state index in [9.17, 15) is 0 Å². The van der Waals surface area contributed by atoms with E-state index >= 15 is 0 Å². The average Bonchev–Trinajstić information content (AvgIpc) is 2.57. The van der Waals surface area contributed by atoms with Gasteiger partial charge in [-0.1, -0.05) is 29.5 Å². The standard InChI is InChI=1S/C11H10N3S/c1-8-9(2)15-11(12-8)14-13-10-6-4-3-5-7-10/h3-6H,1-2H3/b14-13+. The third-order valence-electron chi connectivity index (χ3n) is 1.95. The fourth-order valence-corrected chi connectivity index (χ4v) is 1.77. The van der Waals surface area contributed by atoms with Gasteiger partial charge in [0.05, 0.1) is 11.4 Å². The van der Waals surface area contributed by atoms with Crippen molar-refractivity contribution >= 4 is 22.2 Å². The number of hydrogen-bond donors (Lipinski definition) is 0. The van der Waals surface area contributed by atoms with Crippen LogP contribution in [0.2, 0.25) is 0 Å². The molecule has 0 bridgehead atoms. The molecule has 0 unspecified atom stereocenters. The van der Waals surface area contributed by atoms with Crippen molar-refractivity contribution in [2.45, 2.75) is 13.8 Å². The number of hydrogen-bond acceptors (Lipinski definition) is 4. The molecule has 0 aliphatic rings. The van der Waals surface area contributed by atoms with Crippen LogP contribution in [0.5, 0.6) is 0 Å². The summed E-state index contributed by atoms with van der Waals surface area (Å²) in [7, 11) is 0. The number of nitrogens with zero attached hydrogens (tertiary/aromatic N) is 3. The van der Waals surface area contributed by atoms with Crippen molar-refractivity contribution in [3.63, 3.8) is 0 Å². The zero-order valence-electron chi connectivity index (χ0n) is 8.56. The van der Waals surface area contributed by atoms with Crippen LogP contribution in [0.25, 0.3) is 0 Å². The monoisotopic (exact) mass is 216 g/mol. The topological polar surface area (TPSA) is 37.6 Å². The Morgan fingerprint density at radius 3 is 2.73 bits per heavy atom. The SMILES string of the molecule is Cc1nc(/N=N/c2[c]cccc2)sc1C. The van der Waals surface area contributed by atoms with Gasteiger partial charge in [-0.15, -0.1) is 10.2 Å². The van der Waals surface area contributed by atoms with Crippen LogP contribution >= 0.6 is 11.3 Å². The maximum Gasteiger partial charge on any atom is 0.230 e. The first-order valence-corrected chi connectivity index (χ1v) is 5.40. The molecule has 2 aromatic rings. The molecular formula is C11H10N3S. The Kier molecular flexibility index (Phi) is 2.87. The number of aryl methyl sites for hydroxylation is 2. The molecular weight excluding hydrogens is 206 g/mol. The summed E-state index contributed by atoms with van der Waals surface area (Å²) in [5.74, 6) is 0. The highest BCUT2D eigenvalue weighted by Crippen LogP contribution is 2.25. The van der Waals surface area contributed by atoms with Gasteiger partial charge in [0, 0.05) is 10.9 Å². The zero-order valence-corrected chi connectivity index (χ0v) is 9.38. The zero-order chi connectivity index (χ0) is 10.7. The van der Waals surface area contributed by atoms with Crippen molar-refractivity contribution in [2.75, 3.05) is 0 Å². The van der Waals surface area contributed by atoms with E-state index in [0.29, 0.717) is 5.13 Å². The van der Waals surface area contributed by atoms with Crippen LogP contribution in [-0.4, -0.2) is 4.98 Å². The molecule has 0 amide bonds. The van der Waals surface area contributed by atoms with Crippen molar-refractivity contribution in [2.24, 2.45) is 10.2 Å². The van der Waals surface area contributed by atoms with Gasteiger partial charge in [-0.05, 0) is 19.9 Å². The maximum atomic E-state index is 4.27. The Bertz CT molecular complexity index is 454. The molecule has 0 N–H and O–H groups in total. The van der Waals surface area contributed by atoms with Crippen molar-refractivity contribution in [1.29, 1.82) is 0 Å². The summed E-state index contributed by atoms with van der Waals surface area (Å²) in [6.45, 7) is 4.00. The fourth-order valence-electron chi connectivity index (χ4n) is 1.04. The Morgan fingerprint density at radius 2 is 2.13 bits per heavy atom. The molecule has 3 nitrogen and oxygen atoms in total. The van der Waals surface area contributed by atoms with Crippen molar-refractivity contribution in [1.82, 2.24) is 4.98 Å². The molecule has 1 radical (unpaired) electrons. The van der Waals surface area contributed by atoms with Gasteiger partial charge in [0.25, 0.3) is 0 Å². The molecule has 1 aromatic carbocycles. The van der Waals surface area contributed by atoms with E-state index in [2.05, 4.69) is 21.3 Å². The molecule has 0 spiro atoms. The highest BCUT2D eigenvalue weighted by atomic mass is 32.1. The molecule has 0 fully saturated rings. The minimum absolute atomic E-state index is 0.697. The second kappa shape index (κ2) is 4.31. The quantitative estimate of drug-likeness (QED) is 0.700. The average molecular weight is 216 g/mol. The van der Waals surface area contributed by atoms with E-state index in [1.807, 2.05) is 38.1 Å². The normalized spacial score (nSPS) is 11.1. The van der Waals surface area contributed by atoms with Gasteiger partial charge in [0.15, 0.2) is 0 Å². The van der Waals surface area contributed by atoms with Gasteiger partial charge >= 0.3 is 0 Å². The first kappa shape index (κ1) is 9.98. The molecule has 0 aliphatic heterocycles. The van der Waals surface area contributed by atoms with E-state index < -0.39 is 0 Å². The summed E-state index contributed by atoms with van der Waals surface area (Å²) in [6.07, 6.45) is 0. The van der Waals surface area contributed by atoms with Gasteiger partial charge in [0.1, 0.15) is 0 Å². The maximum absolute atomic E-state index is 4.27. The van der Waals surface area contributed by atoms with Gasteiger partial charge in [0.2, 0.25) is 5.13 Å². The van der Waals surface area contributed by atoms with Gasteiger partial charge < -0.3 is 0 Å². The number of rotatable bonds is 2. The second-order valence-corrected chi connectivity index (χ2v) is 4.27. The molecule has 1 aromatic heterocycles. The van der Waals surface area contributed by atoms with E-state index in [0.717, 1.165) is 11.4 Å². The molecule has 0 atom stereocenters. The van der Waals surface area contributed by atoms with Crippen LogP contribution in [0.4, 0.5) is 10.8 Å². The number of azo groups is 1. The molecule has 0 saturated carbocycles. The molecule has 0 saturated heterocycles. The van der Waals surface area contributed by atoms with Crippen molar-refractivity contribution in [3.8, 4) is 0 Å². The largest absolute Gasteiger partial charge is 0.230 e. The Labute approximate surface area is 92.5 Å². The number of thiazole rings is 1. The summed E-state index contributed by atoms with van der Waals surface area (Å²) >= 11 is 1.55. The third-order valence-corrected chi connectivity index (χ3v) is 2.91. The molecule has 75 valence electrons. The fraction of sp³-hybridized carbons (Fsp3) is 0.182. The molecule has 2 rings (SSSR count). The summed E-state index contributed by atoms with van der Waals surface area (Å²) in [4.78, 5) is 5.45. The summed E-state index contributed by atoms with van der Waals surface area (Å²) < 4.78 is 0.